The van der Waals surface area contributed by atoms with Gasteiger partial charge in [-0.2, -0.15) is 0 Å². The molecule has 0 aliphatic carbocycles. The molecular formula is C16H32O. The number of aliphatic hydroxyl groups excluding tert-OH is 1. The topological polar surface area (TPSA) is 20.2 Å². The zero-order valence-electron chi connectivity index (χ0n) is 11.8. The molecule has 0 aliphatic rings. The molecule has 0 saturated carbocycles. The van der Waals surface area contributed by atoms with Crippen LogP contribution in [0.25, 0.3) is 0 Å². The molecular weight excluding hydrogens is 208 g/mol. The molecule has 0 heterocycles. The molecule has 0 unspecified atom stereocenters. The fraction of sp³-hybridized carbons (Fsp3) is 0.875. The number of aliphatic hydroxyl groups is 1. The van der Waals surface area contributed by atoms with Gasteiger partial charge in [0.15, 0.2) is 0 Å². The van der Waals surface area contributed by atoms with Crippen molar-refractivity contribution in [1.82, 2.24) is 0 Å². The molecule has 0 spiro atoms. The van der Waals surface area contributed by atoms with E-state index in [0.29, 0.717) is 6.61 Å². The van der Waals surface area contributed by atoms with Crippen molar-refractivity contribution < 1.29 is 5.11 Å². The second-order valence-electron chi connectivity index (χ2n) is 4.95. The van der Waals surface area contributed by atoms with Gasteiger partial charge in [-0.05, 0) is 25.7 Å². The maximum absolute atomic E-state index is 8.61. The Hall–Kier alpha value is -0.300. The monoisotopic (exact) mass is 240 g/mol. The summed E-state index contributed by atoms with van der Waals surface area (Å²) >= 11 is 0. The number of unbranched alkanes of at least 4 members (excludes halogenated alkanes) is 10. The molecule has 0 fully saturated rings. The minimum atomic E-state index is 0.322. The van der Waals surface area contributed by atoms with Gasteiger partial charge >= 0.3 is 0 Å². The zero-order valence-corrected chi connectivity index (χ0v) is 11.8. The van der Waals surface area contributed by atoms with Gasteiger partial charge in [0.1, 0.15) is 0 Å². The Labute approximate surface area is 108 Å². The first-order valence-corrected chi connectivity index (χ1v) is 7.67. The Morgan fingerprint density at radius 1 is 0.647 bits per heavy atom. The molecule has 0 bridgehead atoms. The minimum Gasteiger partial charge on any atom is -0.396 e. The van der Waals surface area contributed by atoms with E-state index in [1.807, 2.05) is 0 Å². The SMILES string of the molecule is CCCCCCCCCCC/C=C\CCCO. The average molecular weight is 240 g/mol. The first-order valence-electron chi connectivity index (χ1n) is 7.67. The van der Waals surface area contributed by atoms with Crippen molar-refractivity contribution in [2.45, 2.75) is 84.0 Å². The van der Waals surface area contributed by atoms with Crippen LogP contribution in [0.15, 0.2) is 12.2 Å². The lowest BCUT2D eigenvalue weighted by Crippen LogP contribution is -1.81. The van der Waals surface area contributed by atoms with E-state index in [9.17, 15) is 0 Å². The van der Waals surface area contributed by atoms with Crippen molar-refractivity contribution in [1.29, 1.82) is 0 Å². The molecule has 1 heteroatoms. The van der Waals surface area contributed by atoms with Crippen molar-refractivity contribution in [2.75, 3.05) is 6.61 Å². The molecule has 1 N–H and O–H groups in total. The second-order valence-corrected chi connectivity index (χ2v) is 4.95. The summed E-state index contributed by atoms with van der Waals surface area (Å²) in [5.74, 6) is 0. The van der Waals surface area contributed by atoms with Crippen LogP contribution in [-0.2, 0) is 0 Å². The van der Waals surface area contributed by atoms with Gasteiger partial charge in [0.05, 0.1) is 0 Å². The molecule has 0 aromatic carbocycles. The van der Waals surface area contributed by atoms with Crippen LogP contribution in [0.4, 0.5) is 0 Å². The van der Waals surface area contributed by atoms with Crippen molar-refractivity contribution in [3.05, 3.63) is 12.2 Å². The van der Waals surface area contributed by atoms with Gasteiger partial charge in [-0.25, -0.2) is 0 Å². The fourth-order valence-corrected chi connectivity index (χ4v) is 2.02. The van der Waals surface area contributed by atoms with Crippen LogP contribution in [0.2, 0.25) is 0 Å². The van der Waals surface area contributed by atoms with Crippen molar-refractivity contribution in [2.24, 2.45) is 0 Å². The summed E-state index contributed by atoms with van der Waals surface area (Å²) in [4.78, 5) is 0. The molecule has 0 saturated heterocycles. The smallest absolute Gasteiger partial charge is 0.0433 e. The van der Waals surface area contributed by atoms with Crippen LogP contribution in [0.1, 0.15) is 84.0 Å². The predicted octanol–water partition coefficient (Wildman–Crippen LogP) is 5.24. The summed E-state index contributed by atoms with van der Waals surface area (Å²) in [7, 11) is 0. The summed E-state index contributed by atoms with van der Waals surface area (Å²) in [5, 5.41) is 8.61. The standard InChI is InChI=1S/C16H32O/c1-2-3-4-5-6-7-8-9-10-11-12-13-14-15-16-17/h12-13,17H,2-11,14-16H2,1H3/b13-12-. The molecule has 0 aromatic heterocycles. The summed E-state index contributed by atoms with van der Waals surface area (Å²) in [6.45, 7) is 2.59. The Balaban J connectivity index is 2.96. The molecule has 0 aliphatic heterocycles. The molecule has 0 aromatic rings. The zero-order chi connectivity index (χ0) is 12.6. The van der Waals surface area contributed by atoms with E-state index in [1.54, 1.807) is 0 Å². The van der Waals surface area contributed by atoms with Crippen molar-refractivity contribution in [3.8, 4) is 0 Å². The van der Waals surface area contributed by atoms with Crippen LogP contribution < -0.4 is 0 Å². The minimum absolute atomic E-state index is 0.322. The Morgan fingerprint density at radius 2 is 1.12 bits per heavy atom. The highest BCUT2D eigenvalue weighted by Crippen LogP contribution is 2.10. The molecule has 0 radical (unpaired) electrons. The quantitative estimate of drug-likeness (QED) is 0.345. The third kappa shape index (κ3) is 15.7. The van der Waals surface area contributed by atoms with E-state index >= 15 is 0 Å². The van der Waals surface area contributed by atoms with Gasteiger partial charge in [0, 0.05) is 6.61 Å². The highest BCUT2D eigenvalue weighted by atomic mass is 16.2. The van der Waals surface area contributed by atoms with Crippen LogP contribution in [0.5, 0.6) is 0 Å². The van der Waals surface area contributed by atoms with Crippen LogP contribution >= 0.6 is 0 Å². The number of hydrogen-bond donors (Lipinski definition) is 1. The number of hydrogen-bond acceptors (Lipinski definition) is 1. The van der Waals surface area contributed by atoms with Gasteiger partial charge in [-0.15, -0.1) is 0 Å². The molecule has 0 atom stereocenters. The summed E-state index contributed by atoms with van der Waals surface area (Å²) in [6.07, 6.45) is 20.3. The second kappa shape index (κ2) is 15.7. The first kappa shape index (κ1) is 16.7. The third-order valence-corrected chi connectivity index (χ3v) is 3.17. The predicted molar refractivity (Wildman–Crippen MR) is 77.3 cm³/mol. The van der Waals surface area contributed by atoms with Gasteiger partial charge < -0.3 is 5.11 Å². The number of rotatable bonds is 13. The molecule has 17 heavy (non-hydrogen) atoms. The third-order valence-electron chi connectivity index (χ3n) is 3.17. The Morgan fingerprint density at radius 3 is 1.65 bits per heavy atom. The highest BCUT2D eigenvalue weighted by molar-refractivity contribution is 4.81. The molecule has 102 valence electrons. The van der Waals surface area contributed by atoms with E-state index < -0.39 is 0 Å². The van der Waals surface area contributed by atoms with Crippen molar-refractivity contribution >= 4 is 0 Å². The normalized spacial score (nSPS) is 11.4. The molecule has 0 amide bonds. The molecule has 1 nitrogen and oxygen atoms in total. The Bertz CT molecular complexity index is 152. The lowest BCUT2D eigenvalue weighted by Gasteiger charge is -2.00. The van der Waals surface area contributed by atoms with Crippen LogP contribution in [0.3, 0.4) is 0 Å². The highest BCUT2D eigenvalue weighted by Gasteiger charge is 1.91. The first-order chi connectivity index (χ1) is 8.41. The van der Waals surface area contributed by atoms with E-state index in [4.69, 9.17) is 5.11 Å². The van der Waals surface area contributed by atoms with Gasteiger partial charge in [-0.3, -0.25) is 0 Å². The average Bonchev–Trinajstić information content (AvgIpc) is 2.35. The largest absolute Gasteiger partial charge is 0.396 e. The van der Waals surface area contributed by atoms with Gasteiger partial charge in [-0.1, -0.05) is 70.4 Å². The van der Waals surface area contributed by atoms with Gasteiger partial charge in [0.25, 0.3) is 0 Å². The van der Waals surface area contributed by atoms with E-state index in [2.05, 4.69) is 19.1 Å². The van der Waals surface area contributed by atoms with Gasteiger partial charge in [0.2, 0.25) is 0 Å². The molecule has 0 rings (SSSR count). The lowest BCUT2D eigenvalue weighted by atomic mass is 10.1. The lowest BCUT2D eigenvalue weighted by molar-refractivity contribution is 0.289. The summed E-state index contributed by atoms with van der Waals surface area (Å²) in [5.41, 5.74) is 0. The van der Waals surface area contributed by atoms with E-state index in [1.165, 1.54) is 64.2 Å². The van der Waals surface area contributed by atoms with E-state index in [-0.39, 0.29) is 0 Å². The van der Waals surface area contributed by atoms with E-state index in [0.717, 1.165) is 12.8 Å². The van der Waals surface area contributed by atoms with Crippen molar-refractivity contribution in [3.63, 3.8) is 0 Å². The Kier molecular flexibility index (Phi) is 15.4. The summed E-state index contributed by atoms with van der Waals surface area (Å²) < 4.78 is 0. The fourth-order valence-electron chi connectivity index (χ4n) is 2.02. The number of allylic oxidation sites excluding steroid dienone is 2. The van der Waals surface area contributed by atoms with Crippen LogP contribution in [-0.4, -0.2) is 11.7 Å². The summed E-state index contributed by atoms with van der Waals surface area (Å²) in [6, 6.07) is 0. The maximum Gasteiger partial charge on any atom is 0.0433 e. The van der Waals surface area contributed by atoms with Crippen LogP contribution in [0, 0.1) is 0 Å². The maximum atomic E-state index is 8.61.